The van der Waals surface area contributed by atoms with Gasteiger partial charge in [-0.1, -0.05) is 17.7 Å². The van der Waals surface area contributed by atoms with Crippen LogP contribution < -0.4 is 0 Å². The number of nitrogens with one attached hydrogen (secondary N) is 1. The Morgan fingerprint density at radius 1 is 1.30 bits per heavy atom. The number of hydrogen-bond acceptors (Lipinski definition) is 1. The van der Waals surface area contributed by atoms with Gasteiger partial charge in [0.05, 0.1) is 0 Å². The average molecular weight is 287 g/mol. The molecule has 3 heterocycles. The molecule has 0 radical (unpaired) electrons. The van der Waals surface area contributed by atoms with E-state index in [0.717, 1.165) is 11.4 Å². The number of hydrogen-bond donors (Lipinski definition) is 1. The highest BCUT2D eigenvalue weighted by Crippen LogP contribution is 2.40. The summed E-state index contributed by atoms with van der Waals surface area (Å²) in [5.41, 5.74) is 5.33. The number of halogens is 1. The monoisotopic (exact) mass is 286 g/mol. The second kappa shape index (κ2) is 4.37. The maximum Gasteiger partial charge on any atom is 0.0463 e. The molecule has 0 spiro atoms. The lowest BCUT2D eigenvalue weighted by Gasteiger charge is -2.30. The normalized spacial score (nSPS) is 26.2. The first-order valence-electron chi connectivity index (χ1n) is 7.34. The molecule has 1 N–H and O–H groups in total. The Bertz CT molecular complexity index is 713. The SMILES string of the molecule is Cc1[nH]c2ccc(Cl)cc2c1C1=C[C@@H]2CC[C@@H](C1)N2C. The molecule has 1 fully saturated rings. The number of nitrogens with zero attached hydrogens (tertiary/aromatic N) is 1. The van der Waals surface area contributed by atoms with Crippen LogP contribution in [0.3, 0.4) is 0 Å². The molecule has 2 nitrogen and oxygen atoms in total. The van der Waals surface area contributed by atoms with Gasteiger partial charge in [-0.25, -0.2) is 0 Å². The van der Waals surface area contributed by atoms with Crippen molar-refractivity contribution < 1.29 is 0 Å². The van der Waals surface area contributed by atoms with Gasteiger partial charge in [0.2, 0.25) is 0 Å². The van der Waals surface area contributed by atoms with E-state index >= 15 is 0 Å². The summed E-state index contributed by atoms with van der Waals surface area (Å²) in [7, 11) is 2.26. The zero-order valence-electron chi connectivity index (χ0n) is 11.9. The molecule has 2 aliphatic rings. The fourth-order valence-electron chi connectivity index (χ4n) is 3.94. The first kappa shape index (κ1) is 12.5. The Kier molecular flexibility index (Phi) is 2.73. The average Bonchev–Trinajstić information content (AvgIpc) is 2.82. The smallest absolute Gasteiger partial charge is 0.0463 e. The van der Waals surface area contributed by atoms with E-state index in [2.05, 4.69) is 42.1 Å². The van der Waals surface area contributed by atoms with Gasteiger partial charge in [-0.05, 0) is 57.0 Å². The molecule has 0 saturated carbocycles. The van der Waals surface area contributed by atoms with Gasteiger partial charge >= 0.3 is 0 Å². The van der Waals surface area contributed by atoms with Crippen molar-refractivity contribution in [3.8, 4) is 0 Å². The molecule has 0 aliphatic carbocycles. The molecular formula is C17H19ClN2. The summed E-state index contributed by atoms with van der Waals surface area (Å²) in [5.74, 6) is 0. The lowest BCUT2D eigenvalue weighted by atomic mass is 9.93. The van der Waals surface area contributed by atoms with E-state index in [1.807, 2.05) is 6.07 Å². The van der Waals surface area contributed by atoms with Gasteiger partial charge in [0.15, 0.2) is 0 Å². The van der Waals surface area contributed by atoms with Crippen molar-refractivity contribution in [2.45, 2.75) is 38.3 Å². The molecule has 1 aromatic heterocycles. The van der Waals surface area contributed by atoms with Gasteiger partial charge in [-0.15, -0.1) is 0 Å². The summed E-state index contributed by atoms with van der Waals surface area (Å²) in [4.78, 5) is 6.03. The minimum atomic E-state index is 0.618. The topological polar surface area (TPSA) is 19.0 Å². The molecule has 2 bridgehead atoms. The van der Waals surface area contributed by atoms with E-state index in [-0.39, 0.29) is 0 Å². The van der Waals surface area contributed by atoms with E-state index in [1.54, 1.807) is 0 Å². The Balaban J connectivity index is 1.89. The van der Waals surface area contributed by atoms with Crippen molar-refractivity contribution in [1.82, 2.24) is 9.88 Å². The fourth-order valence-corrected chi connectivity index (χ4v) is 4.11. The molecule has 1 saturated heterocycles. The van der Waals surface area contributed by atoms with E-state index in [1.165, 1.54) is 40.6 Å². The minimum absolute atomic E-state index is 0.618. The quantitative estimate of drug-likeness (QED) is 0.824. The van der Waals surface area contributed by atoms with Crippen LogP contribution in [0.2, 0.25) is 5.02 Å². The van der Waals surface area contributed by atoms with Gasteiger partial charge in [0.25, 0.3) is 0 Å². The van der Waals surface area contributed by atoms with Crippen LogP contribution in [0.5, 0.6) is 0 Å². The molecular weight excluding hydrogens is 268 g/mol. The number of likely N-dealkylation sites (N-methyl/N-ethyl adjacent to an activating group) is 1. The molecule has 0 unspecified atom stereocenters. The number of benzene rings is 1. The number of H-pyrrole nitrogens is 1. The highest BCUT2D eigenvalue weighted by atomic mass is 35.5. The molecule has 3 heteroatoms. The zero-order chi connectivity index (χ0) is 13.9. The van der Waals surface area contributed by atoms with Crippen LogP contribution in [0, 0.1) is 6.92 Å². The van der Waals surface area contributed by atoms with Crippen LogP contribution in [-0.4, -0.2) is 29.0 Å². The third kappa shape index (κ3) is 1.75. The van der Waals surface area contributed by atoms with Crippen molar-refractivity contribution in [3.05, 3.63) is 40.6 Å². The Morgan fingerprint density at radius 3 is 2.95 bits per heavy atom. The number of fused-ring (bicyclic) bond motifs is 3. The van der Waals surface area contributed by atoms with Crippen molar-refractivity contribution in [3.63, 3.8) is 0 Å². The molecule has 20 heavy (non-hydrogen) atoms. The molecule has 1 aromatic carbocycles. The van der Waals surface area contributed by atoms with Crippen molar-refractivity contribution in [2.75, 3.05) is 7.05 Å². The number of aromatic amines is 1. The second-order valence-corrected chi connectivity index (χ2v) is 6.61. The Hall–Kier alpha value is -1.25. The second-order valence-electron chi connectivity index (χ2n) is 6.17. The molecule has 2 atom stereocenters. The van der Waals surface area contributed by atoms with Crippen LogP contribution in [0.4, 0.5) is 0 Å². The van der Waals surface area contributed by atoms with Gasteiger partial charge in [-0.2, -0.15) is 0 Å². The molecule has 104 valence electrons. The standard InChI is InChI=1S/C17H19ClN2/c1-10-17(15-9-12(18)3-6-16(15)19-10)11-7-13-4-5-14(8-11)20(13)2/h3,6-7,9,13-14,19H,4-5,8H2,1-2H3/t13-,14-/m0/s1. The number of rotatable bonds is 1. The van der Waals surface area contributed by atoms with Crippen LogP contribution in [0.15, 0.2) is 24.3 Å². The largest absolute Gasteiger partial charge is 0.358 e. The highest BCUT2D eigenvalue weighted by Gasteiger charge is 2.34. The summed E-state index contributed by atoms with van der Waals surface area (Å²) in [5, 5.41) is 2.08. The lowest BCUT2D eigenvalue weighted by Crippen LogP contribution is -2.34. The number of aromatic nitrogens is 1. The lowest BCUT2D eigenvalue weighted by molar-refractivity contribution is 0.264. The van der Waals surface area contributed by atoms with Crippen LogP contribution in [0.25, 0.3) is 16.5 Å². The third-order valence-corrected chi connectivity index (χ3v) is 5.25. The summed E-state index contributed by atoms with van der Waals surface area (Å²) in [6.07, 6.45) is 6.25. The molecule has 2 aliphatic heterocycles. The van der Waals surface area contributed by atoms with Crippen LogP contribution in [-0.2, 0) is 0 Å². The van der Waals surface area contributed by atoms with Gasteiger partial charge in [0, 0.05) is 39.3 Å². The van der Waals surface area contributed by atoms with Crippen molar-refractivity contribution >= 4 is 28.1 Å². The first-order valence-corrected chi connectivity index (χ1v) is 7.72. The molecule has 2 aromatic rings. The summed E-state index contributed by atoms with van der Waals surface area (Å²) >= 11 is 6.19. The summed E-state index contributed by atoms with van der Waals surface area (Å²) in [6.45, 7) is 2.17. The van der Waals surface area contributed by atoms with Crippen molar-refractivity contribution in [2.24, 2.45) is 0 Å². The Labute approximate surface area is 124 Å². The van der Waals surface area contributed by atoms with E-state index in [9.17, 15) is 0 Å². The highest BCUT2D eigenvalue weighted by molar-refractivity contribution is 6.31. The maximum absolute atomic E-state index is 6.19. The van der Waals surface area contributed by atoms with Gasteiger partial charge in [-0.3, -0.25) is 4.90 Å². The fraction of sp³-hybridized carbons (Fsp3) is 0.412. The van der Waals surface area contributed by atoms with Gasteiger partial charge < -0.3 is 4.98 Å². The summed E-state index contributed by atoms with van der Waals surface area (Å²) < 4.78 is 0. The van der Waals surface area contributed by atoms with Gasteiger partial charge in [0.1, 0.15) is 0 Å². The van der Waals surface area contributed by atoms with E-state index in [4.69, 9.17) is 11.6 Å². The first-order chi connectivity index (χ1) is 9.63. The van der Waals surface area contributed by atoms with Crippen LogP contribution >= 0.6 is 11.6 Å². The Morgan fingerprint density at radius 2 is 2.15 bits per heavy atom. The van der Waals surface area contributed by atoms with Crippen molar-refractivity contribution in [1.29, 1.82) is 0 Å². The van der Waals surface area contributed by atoms with E-state index in [0.29, 0.717) is 12.1 Å². The van der Waals surface area contributed by atoms with Crippen LogP contribution in [0.1, 0.15) is 30.5 Å². The summed E-state index contributed by atoms with van der Waals surface area (Å²) in [6, 6.07) is 7.46. The van der Waals surface area contributed by atoms with E-state index < -0.39 is 0 Å². The minimum Gasteiger partial charge on any atom is -0.358 e. The maximum atomic E-state index is 6.19. The predicted octanol–water partition coefficient (Wildman–Crippen LogP) is 4.38. The molecule has 0 amide bonds. The zero-order valence-corrected chi connectivity index (χ0v) is 12.7. The third-order valence-electron chi connectivity index (χ3n) is 5.01. The number of aryl methyl sites for hydroxylation is 1. The predicted molar refractivity (Wildman–Crippen MR) is 85.2 cm³/mol. The molecule has 4 rings (SSSR count).